The lowest BCUT2D eigenvalue weighted by molar-refractivity contribution is 0.0957. The molecule has 0 aliphatic heterocycles. The third-order valence-corrected chi connectivity index (χ3v) is 3.44. The molecule has 106 valence electrons. The van der Waals surface area contributed by atoms with Gasteiger partial charge in [0.25, 0.3) is 5.91 Å². The van der Waals surface area contributed by atoms with Crippen molar-refractivity contribution in [2.45, 2.75) is 13.1 Å². The molecular formula is C13H22N2O3Si. The van der Waals surface area contributed by atoms with Crippen molar-refractivity contribution in [2.75, 3.05) is 26.4 Å². The van der Waals surface area contributed by atoms with Crippen molar-refractivity contribution in [1.82, 2.24) is 10.6 Å². The maximum Gasteiger partial charge on any atom is 0.251 e. The molecule has 1 amide bonds. The van der Waals surface area contributed by atoms with Gasteiger partial charge in [-0.15, -0.1) is 0 Å². The molecule has 0 aliphatic rings. The number of ether oxygens (including phenoxy) is 1. The van der Waals surface area contributed by atoms with Gasteiger partial charge in [0.15, 0.2) is 0 Å². The number of carbonyl (C=O) groups excluding carboxylic acids is 1. The first-order valence-electron chi connectivity index (χ1n) is 6.30. The molecule has 1 aromatic carbocycles. The number of benzene rings is 1. The van der Waals surface area contributed by atoms with Gasteiger partial charge in [-0.05, 0) is 38.3 Å². The van der Waals surface area contributed by atoms with Gasteiger partial charge < -0.3 is 20.2 Å². The molecule has 0 radical (unpaired) electrons. The van der Waals surface area contributed by atoms with Crippen LogP contribution < -0.4 is 15.4 Å². The maximum atomic E-state index is 11.9. The van der Waals surface area contributed by atoms with Gasteiger partial charge in [-0.25, -0.2) is 0 Å². The molecule has 0 aliphatic carbocycles. The summed E-state index contributed by atoms with van der Waals surface area (Å²) in [5, 5.41) is 5.72. The van der Waals surface area contributed by atoms with Crippen molar-refractivity contribution in [3.05, 3.63) is 29.8 Å². The maximum absolute atomic E-state index is 11.9. The van der Waals surface area contributed by atoms with E-state index in [0.717, 1.165) is 6.54 Å². The fraction of sp³-hybridized carbons (Fsp3) is 0.462. The second-order valence-corrected chi connectivity index (χ2v) is 8.95. The normalized spacial score (nSPS) is 11.2. The minimum Gasteiger partial charge on any atom is -0.492 e. The van der Waals surface area contributed by atoms with Gasteiger partial charge in [-0.2, -0.15) is 0 Å². The molecule has 0 saturated carbocycles. The van der Waals surface area contributed by atoms with Gasteiger partial charge in [0, 0.05) is 18.3 Å². The number of likely N-dealkylation sites (N-methyl/N-ethyl adjacent to an activating group) is 1. The monoisotopic (exact) mass is 282 g/mol. The highest BCUT2D eigenvalue weighted by atomic mass is 28.4. The van der Waals surface area contributed by atoms with Gasteiger partial charge in [0.2, 0.25) is 8.32 Å². The summed E-state index contributed by atoms with van der Waals surface area (Å²) in [7, 11) is -0.409. The molecule has 0 saturated heterocycles. The standard InChI is InChI=1S/C13H22N2O3Si/c1-14-7-8-18-12-6-4-5-11(9-12)13(16)15-10-19(2,3)17/h4-6,9,14,17H,7-8,10H2,1-3H3,(H,15,16). The molecule has 0 fully saturated rings. The number of hydrogen-bond acceptors (Lipinski definition) is 4. The first kappa shape index (κ1) is 15.7. The SMILES string of the molecule is CNCCOc1cccc(C(=O)NC[Si](C)(C)O)c1. The average molecular weight is 282 g/mol. The van der Waals surface area contributed by atoms with Crippen molar-refractivity contribution in [1.29, 1.82) is 0 Å². The second-order valence-electron chi connectivity index (χ2n) is 4.97. The van der Waals surface area contributed by atoms with E-state index in [-0.39, 0.29) is 5.91 Å². The van der Waals surface area contributed by atoms with E-state index in [0.29, 0.717) is 24.1 Å². The van der Waals surface area contributed by atoms with Crippen LogP contribution >= 0.6 is 0 Å². The van der Waals surface area contributed by atoms with Crippen molar-refractivity contribution in [2.24, 2.45) is 0 Å². The van der Waals surface area contributed by atoms with Crippen LogP contribution in [0.5, 0.6) is 5.75 Å². The van der Waals surface area contributed by atoms with Crippen molar-refractivity contribution in [3.8, 4) is 5.75 Å². The topological polar surface area (TPSA) is 70.6 Å². The summed E-state index contributed by atoms with van der Waals surface area (Å²) in [4.78, 5) is 21.6. The Labute approximate surface area is 115 Å². The van der Waals surface area contributed by atoms with Gasteiger partial charge in [0.1, 0.15) is 12.4 Å². The lowest BCUT2D eigenvalue weighted by Gasteiger charge is -2.15. The predicted octanol–water partition coefficient (Wildman–Crippen LogP) is 0.751. The molecular weight excluding hydrogens is 260 g/mol. The largest absolute Gasteiger partial charge is 0.492 e. The third-order valence-electron chi connectivity index (χ3n) is 2.40. The van der Waals surface area contributed by atoms with Gasteiger partial charge >= 0.3 is 0 Å². The van der Waals surface area contributed by atoms with E-state index in [4.69, 9.17) is 4.74 Å². The highest BCUT2D eigenvalue weighted by Crippen LogP contribution is 2.13. The smallest absolute Gasteiger partial charge is 0.251 e. The van der Waals surface area contributed by atoms with E-state index >= 15 is 0 Å². The zero-order chi connectivity index (χ0) is 14.3. The number of nitrogens with one attached hydrogen (secondary N) is 2. The molecule has 0 aromatic heterocycles. The Kier molecular flexibility index (Phi) is 6.00. The van der Waals surface area contributed by atoms with Crippen LogP contribution in [0.1, 0.15) is 10.4 Å². The van der Waals surface area contributed by atoms with Crippen molar-refractivity contribution >= 4 is 14.2 Å². The lowest BCUT2D eigenvalue weighted by atomic mass is 10.2. The second kappa shape index (κ2) is 7.27. The van der Waals surface area contributed by atoms with E-state index in [1.165, 1.54) is 0 Å². The molecule has 0 atom stereocenters. The predicted molar refractivity (Wildman–Crippen MR) is 77.9 cm³/mol. The molecule has 0 spiro atoms. The third kappa shape index (κ3) is 6.37. The minimum atomic E-state index is -2.26. The zero-order valence-corrected chi connectivity index (χ0v) is 12.7. The first-order chi connectivity index (χ1) is 8.92. The zero-order valence-electron chi connectivity index (χ0n) is 11.7. The Hall–Kier alpha value is -1.37. The molecule has 6 heteroatoms. The number of hydrogen-bond donors (Lipinski definition) is 3. The van der Waals surface area contributed by atoms with Crippen LogP contribution in [0.3, 0.4) is 0 Å². The molecule has 1 rings (SSSR count). The van der Waals surface area contributed by atoms with E-state index in [2.05, 4.69) is 10.6 Å². The quantitative estimate of drug-likeness (QED) is 0.510. The summed E-state index contributed by atoms with van der Waals surface area (Å²) in [5.74, 6) is 0.483. The fourth-order valence-electron chi connectivity index (χ4n) is 1.40. The molecule has 3 N–H and O–H groups in total. The molecule has 0 heterocycles. The van der Waals surface area contributed by atoms with Gasteiger partial charge in [-0.3, -0.25) is 4.79 Å². The Bertz CT molecular complexity index is 419. The Morgan fingerprint density at radius 1 is 1.42 bits per heavy atom. The van der Waals surface area contributed by atoms with Crippen LogP contribution in [-0.4, -0.2) is 45.4 Å². The van der Waals surface area contributed by atoms with Crippen LogP contribution in [0, 0.1) is 0 Å². The minimum absolute atomic E-state index is 0.186. The Morgan fingerprint density at radius 2 is 2.16 bits per heavy atom. The first-order valence-corrected chi connectivity index (χ1v) is 9.46. The summed E-state index contributed by atoms with van der Waals surface area (Å²) in [6, 6.07) is 7.03. The molecule has 1 aromatic rings. The fourth-order valence-corrected chi connectivity index (χ4v) is 1.99. The number of amides is 1. The molecule has 5 nitrogen and oxygen atoms in total. The molecule has 0 bridgehead atoms. The Balaban J connectivity index is 2.57. The van der Waals surface area contributed by atoms with E-state index in [9.17, 15) is 9.59 Å². The van der Waals surface area contributed by atoms with E-state index in [1.54, 1.807) is 31.3 Å². The summed E-state index contributed by atoms with van der Waals surface area (Å²) in [5.41, 5.74) is 0.542. The molecule has 19 heavy (non-hydrogen) atoms. The van der Waals surface area contributed by atoms with Crippen LogP contribution in [0.25, 0.3) is 0 Å². The Morgan fingerprint density at radius 3 is 2.79 bits per heavy atom. The van der Waals surface area contributed by atoms with Gasteiger partial charge in [-0.1, -0.05) is 6.07 Å². The highest BCUT2D eigenvalue weighted by Gasteiger charge is 2.18. The van der Waals surface area contributed by atoms with E-state index in [1.807, 2.05) is 13.1 Å². The number of carbonyl (C=O) groups is 1. The van der Waals surface area contributed by atoms with Crippen molar-refractivity contribution < 1.29 is 14.3 Å². The molecule has 0 unspecified atom stereocenters. The summed E-state index contributed by atoms with van der Waals surface area (Å²) in [6.45, 7) is 4.87. The lowest BCUT2D eigenvalue weighted by Crippen LogP contribution is -2.42. The van der Waals surface area contributed by atoms with Crippen LogP contribution in [0.4, 0.5) is 0 Å². The van der Waals surface area contributed by atoms with Crippen molar-refractivity contribution in [3.63, 3.8) is 0 Å². The summed E-state index contributed by atoms with van der Waals surface area (Å²) >= 11 is 0. The van der Waals surface area contributed by atoms with Crippen LogP contribution in [0.15, 0.2) is 24.3 Å². The van der Waals surface area contributed by atoms with Crippen LogP contribution in [0.2, 0.25) is 13.1 Å². The van der Waals surface area contributed by atoms with Gasteiger partial charge in [0.05, 0.1) is 0 Å². The number of rotatable bonds is 7. The summed E-state index contributed by atoms with van der Waals surface area (Å²) < 4.78 is 5.50. The van der Waals surface area contributed by atoms with Crippen LogP contribution in [-0.2, 0) is 0 Å². The highest BCUT2D eigenvalue weighted by molar-refractivity contribution is 6.70. The summed E-state index contributed by atoms with van der Waals surface area (Å²) in [6.07, 6.45) is 0.344. The van der Waals surface area contributed by atoms with E-state index < -0.39 is 8.32 Å². The average Bonchev–Trinajstić information content (AvgIpc) is 2.36.